The van der Waals surface area contributed by atoms with Gasteiger partial charge in [0.25, 0.3) is 0 Å². The first-order valence-corrected chi connectivity index (χ1v) is 5.91. The number of rotatable bonds is 3. The molecule has 2 rings (SSSR count). The minimum absolute atomic E-state index is 0.0107. The molecule has 0 aromatic heterocycles. The fourth-order valence-electron chi connectivity index (χ4n) is 1.80. The molecule has 1 aromatic carbocycles. The van der Waals surface area contributed by atoms with Crippen LogP contribution in [0.3, 0.4) is 0 Å². The number of carbonyl (C=O) groups excluding carboxylic acids is 2. The van der Waals surface area contributed by atoms with Crippen LogP contribution in [0, 0.1) is 11.6 Å². The predicted molar refractivity (Wildman–Crippen MR) is 66.7 cm³/mol. The van der Waals surface area contributed by atoms with E-state index < -0.39 is 35.1 Å². The normalized spacial score (nSPS) is 18.0. The zero-order valence-corrected chi connectivity index (χ0v) is 10.6. The van der Waals surface area contributed by atoms with E-state index in [9.17, 15) is 23.2 Å². The summed E-state index contributed by atoms with van der Waals surface area (Å²) in [6, 6.07) is 0.291. The van der Waals surface area contributed by atoms with Crippen LogP contribution in [-0.2, 0) is 9.59 Å². The summed E-state index contributed by atoms with van der Waals surface area (Å²) < 4.78 is 26.2. The maximum absolute atomic E-state index is 13.2. The van der Waals surface area contributed by atoms with E-state index >= 15 is 0 Å². The van der Waals surface area contributed by atoms with Crippen LogP contribution < -0.4 is 16.0 Å². The van der Waals surface area contributed by atoms with Gasteiger partial charge in [0.1, 0.15) is 6.04 Å². The van der Waals surface area contributed by atoms with Gasteiger partial charge in [-0.15, -0.1) is 0 Å². The molecule has 1 heterocycles. The molecule has 2 amide bonds. The van der Waals surface area contributed by atoms with Crippen molar-refractivity contribution in [2.75, 3.05) is 18.4 Å². The quantitative estimate of drug-likeness (QED) is 0.612. The largest absolute Gasteiger partial charge is 0.478 e. The van der Waals surface area contributed by atoms with Crippen LogP contribution in [-0.4, -0.2) is 42.0 Å². The molecule has 1 fully saturated rings. The molecule has 1 unspecified atom stereocenters. The number of anilines is 1. The number of amides is 2. The van der Waals surface area contributed by atoms with Gasteiger partial charge in [0.2, 0.25) is 11.8 Å². The smallest absolute Gasteiger partial charge is 0.337 e. The van der Waals surface area contributed by atoms with Crippen LogP contribution in [0.2, 0.25) is 0 Å². The molecule has 0 aliphatic carbocycles. The highest BCUT2D eigenvalue weighted by molar-refractivity contribution is 6.02. The Bertz CT molecular complexity index is 611. The van der Waals surface area contributed by atoms with Crippen molar-refractivity contribution < 1.29 is 28.3 Å². The van der Waals surface area contributed by atoms with Gasteiger partial charge in [0, 0.05) is 12.6 Å². The molecule has 1 aromatic rings. The fraction of sp³-hybridized carbons (Fsp3) is 0.250. The number of carboxylic acid groups (broad SMARTS) is 1. The average Bonchev–Trinajstić information content (AvgIpc) is 2.43. The average molecular weight is 299 g/mol. The van der Waals surface area contributed by atoms with E-state index in [-0.39, 0.29) is 24.7 Å². The summed E-state index contributed by atoms with van der Waals surface area (Å²) in [6.07, 6.45) is 0. The molecule has 1 atom stereocenters. The van der Waals surface area contributed by atoms with Crippen molar-refractivity contribution in [2.24, 2.45) is 0 Å². The first-order valence-electron chi connectivity index (χ1n) is 5.91. The minimum Gasteiger partial charge on any atom is -0.478 e. The number of benzene rings is 1. The summed E-state index contributed by atoms with van der Waals surface area (Å²) in [6.45, 7) is -0.0571. The fourth-order valence-corrected chi connectivity index (χ4v) is 1.80. The summed E-state index contributed by atoms with van der Waals surface area (Å²) in [5, 5.41) is 16.2. The van der Waals surface area contributed by atoms with Gasteiger partial charge in [-0.05, 0) is 6.07 Å². The zero-order valence-electron chi connectivity index (χ0n) is 10.6. The third kappa shape index (κ3) is 3.31. The van der Waals surface area contributed by atoms with Gasteiger partial charge in [-0.25, -0.2) is 13.6 Å². The lowest BCUT2D eigenvalue weighted by molar-refractivity contribution is -0.124. The first kappa shape index (κ1) is 14.9. The van der Waals surface area contributed by atoms with Crippen molar-refractivity contribution in [1.82, 2.24) is 10.6 Å². The number of aromatic carboxylic acids is 1. The second-order valence-electron chi connectivity index (χ2n) is 4.34. The standard InChI is InChI=1S/C12H11F2N3O4/c13-6-1-5(12(20)21)8(2-7(6)14)17-11(19)9-3-16-10(18)4-15-9/h1-2,9,15H,3-4H2,(H,16,18)(H,17,19)(H,20,21). The summed E-state index contributed by atoms with van der Waals surface area (Å²) in [5.41, 5.74) is -0.924. The number of piperazine rings is 1. The van der Waals surface area contributed by atoms with Crippen molar-refractivity contribution in [1.29, 1.82) is 0 Å². The van der Waals surface area contributed by atoms with Crippen LogP contribution in [0.4, 0.5) is 14.5 Å². The Labute approximate surface area is 117 Å². The maximum Gasteiger partial charge on any atom is 0.337 e. The van der Waals surface area contributed by atoms with Crippen molar-refractivity contribution in [3.8, 4) is 0 Å². The van der Waals surface area contributed by atoms with Crippen molar-refractivity contribution >= 4 is 23.5 Å². The van der Waals surface area contributed by atoms with E-state index in [4.69, 9.17) is 5.11 Å². The SMILES string of the molecule is O=C1CNC(C(=O)Nc2cc(F)c(F)cc2C(=O)O)CN1. The number of hydrogen-bond acceptors (Lipinski definition) is 4. The predicted octanol–water partition coefficient (Wildman–Crippen LogP) is -0.311. The van der Waals surface area contributed by atoms with E-state index in [1.54, 1.807) is 0 Å². The third-order valence-electron chi connectivity index (χ3n) is 2.88. The Morgan fingerprint density at radius 3 is 2.52 bits per heavy atom. The first-order chi connectivity index (χ1) is 9.88. The highest BCUT2D eigenvalue weighted by Gasteiger charge is 2.25. The van der Waals surface area contributed by atoms with Crippen molar-refractivity contribution in [3.63, 3.8) is 0 Å². The Hall–Kier alpha value is -2.55. The number of carboxylic acids is 1. The minimum atomic E-state index is -1.51. The van der Waals surface area contributed by atoms with E-state index in [1.165, 1.54) is 0 Å². The molecule has 9 heteroatoms. The maximum atomic E-state index is 13.2. The van der Waals surface area contributed by atoms with E-state index in [0.717, 1.165) is 0 Å². The lowest BCUT2D eigenvalue weighted by Gasteiger charge is -2.23. The van der Waals surface area contributed by atoms with Gasteiger partial charge in [0.15, 0.2) is 11.6 Å². The lowest BCUT2D eigenvalue weighted by atomic mass is 10.1. The zero-order chi connectivity index (χ0) is 15.6. The molecule has 7 nitrogen and oxygen atoms in total. The van der Waals surface area contributed by atoms with Crippen molar-refractivity contribution in [3.05, 3.63) is 29.3 Å². The van der Waals surface area contributed by atoms with Crippen molar-refractivity contribution in [2.45, 2.75) is 6.04 Å². The highest BCUT2D eigenvalue weighted by atomic mass is 19.2. The van der Waals surface area contributed by atoms with Crippen LogP contribution in [0.5, 0.6) is 0 Å². The second-order valence-corrected chi connectivity index (χ2v) is 4.34. The van der Waals surface area contributed by atoms with E-state index in [2.05, 4.69) is 16.0 Å². The highest BCUT2D eigenvalue weighted by Crippen LogP contribution is 2.20. The number of hydrogen-bond donors (Lipinski definition) is 4. The van der Waals surface area contributed by atoms with Gasteiger partial charge < -0.3 is 15.7 Å². The monoisotopic (exact) mass is 299 g/mol. The molecule has 4 N–H and O–H groups in total. The molecular formula is C12H11F2N3O4. The van der Waals surface area contributed by atoms with Crippen LogP contribution in [0.25, 0.3) is 0 Å². The Kier molecular flexibility index (Phi) is 4.13. The van der Waals surface area contributed by atoms with Crippen LogP contribution >= 0.6 is 0 Å². The van der Waals surface area contributed by atoms with Gasteiger partial charge in [-0.1, -0.05) is 0 Å². The summed E-state index contributed by atoms with van der Waals surface area (Å²) in [5.74, 6) is -5.05. The topological polar surface area (TPSA) is 108 Å². The molecule has 0 saturated carbocycles. The summed E-state index contributed by atoms with van der Waals surface area (Å²) >= 11 is 0. The van der Waals surface area contributed by atoms with Gasteiger partial charge in [-0.2, -0.15) is 0 Å². The lowest BCUT2D eigenvalue weighted by Crippen LogP contribution is -2.56. The van der Waals surface area contributed by atoms with Crippen LogP contribution in [0.1, 0.15) is 10.4 Å². The molecular weight excluding hydrogens is 288 g/mol. The number of carbonyl (C=O) groups is 3. The molecule has 0 bridgehead atoms. The third-order valence-corrected chi connectivity index (χ3v) is 2.88. The number of halogens is 2. The molecule has 21 heavy (non-hydrogen) atoms. The molecule has 1 aliphatic rings. The van der Waals surface area contributed by atoms with E-state index in [0.29, 0.717) is 12.1 Å². The molecule has 0 radical (unpaired) electrons. The van der Waals surface area contributed by atoms with Gasteiger partial charge in [-0.3, -0.25) is 14.9 Å². The van der Waals surface area contributed by atoms with Gasteiger partial charge in [0.05, 0.1) is 17.8 Å². The Balaban J connectivity index is 2.18. The molecule has 1 aliphatic heterocycles. The molecule has 0 spiro atoms. The molecule has 112 valence electrons. The van der Waals surface area contributed by atoms with Gasteiger partial charge >= 0.3 is 5.97 Å². The van der Waals surface area contributed by atoms with Crippen LogP contribution in [0.15, 0.2) is 12.1 Å². The molecule has 1 saturated heterocycles. The summed E-state index contributed by atoms with van der Waals surface area (Å²) in [4.78, 5) is 33.8. The number of nitrogens with one attached hydrogen (secondary N) is 3. The Morgan fingerprint density at radius 1 is 1.29 bits per heavy atom. The van der Waals surface area contributed by atoms with E-state index in [1.807, 2.05) is 0 Å². The Morgan fingerprint density at radius 2 is 1.95 bits per heavy atom. The second kappa shape index (κ2) is 5.83. The summed E-state index contributed by atoms with van der Waals surface area (Å²) in [7, 11) is 0.